The molecule has 2 aliphatic rings. The maximum atomic E-state index is 12.4. The van der Waals surface area contributed by atoms with Crippen molar-refractivity contribution in [2.75, 3.05) is 0 Å². The lowest BCUT2D eigenvalue weighted by molar-refractivity contribution is -0.163. The summed E-state index contributed by atoms with van der Waals surface area (Å²) in [6.45, 7) is 17.6. The van der Waals surface area contributed by atoms with Crippen LogP contribution in [-0.4, -0.2) is 24.1 Å². The molecule has 180 valence electrons. The van der Waals surface area contributed by atoms with Crippen LogP contribution in [0, 0.1) is 34.5 Å². The second kappa shape index (κ2) is 10.7. The average Bonchev–Trinajstić information content (AvgIpc) is 2.64. The lowest BCUT2D eigenvalue weighted by Gasteiger charge is -2.39. The van der Waals surface area contributed by atoms with Gasteiger partial charge in [-0.15, -0.1) is 0 Å². The molecule has 2 rings (SSSR count). The van der Waals surface area contributed by atoms with Gasteiger partial charge in [0.1, 0.15) is 18.6 Å². The molecule has 0 aromatic carbocycles. The minimum Gasteiger partial charge on any atom is -0.462 e. The van der Waals surface area contributed by atoms with Gasteiger partial charge in [-0.3, -0.25) is 9.59 Å². The Balaban J connectivity index is 1.77. The zero-order chi connectivity index (χ0) is 23.4. The minimum atomic E-state index is -0.460. The molecule has 2 fully saturated rings. The maximum Gasteiger partial charge on any atom is 0.317 e. The fourth-order valence-corrected chi connectivity index (χ4v) is 6.01. The zero-order valence-electron chi connectivity index (χ0n) is 21.5. The molecule has 4 heteroatoms. The summed E-state index contributed by atoms with van der Waals surface area (Å²) in [5, 5.41) is 0. The molecule has 31 heavy (non-hydrogen) atoms. The minimum absolute atomic E-state index is 0.181. The van der Waals surface area contributed by atoms with Gasteiger partial charge in [-0.05, 0) is 74.0 Å². The van der Waals surface area contributed by atoms with Crippen molar-refractivity contribution in [1.82, 2.24) is 0 Å². The van der Waals surface area contributed by atoms with Crippen molar-refractivity contribution in [2.24, 2.45) is 34.5 Å². The van der Waals surface area contributed by atoms with E-state index in [1.54, 1.807) is 0 Å². The summed E-state index contributed by atoms with van der Waals surface area (Å²) in [5.41, 5.74) is 0.732. The molecule has 0 heterocycles. The third-order valence-electron chi connectivity index (χ3n) is 8.38. The summed E-state index contributed by atoms with van der Waals surface area (Å²) in [5.74, 6) is 0.815. The number of carbonyl (C=O) groups is 2. The van der Waals surface area contributed by atoms with Crippen molar-refractivity contribution in [3.05, 3.63) is 0 Å². The van der Waals surface area contributed by atoms with Crippen molar-refractivity contribution in [2.45, 2.75) is 125 Å². The summed E-state index contributed by atoms with van der Waals surface area (Å²) in [6.07, 6.45) is 9.10. The van der Waals surface area contributed by atoms with Crippen LogP contribution in [0.15, 0.2) is 0 Å². The van der Waals surface area contributed by atoms with E-state index in [2.05, 4.69) is 41.5 Å². The molecule has 4 nitrogen and oxygen atoms in total. The van der Waals surface area contributed by atoms with Crippen LogP contribution in [-0.2, 0) is 19.1 Å². The molecule has 0 radical (unpaired) electrons. The monoisotopic (exact) mass is 436 g/mol. The van der Waals surface area contributed by atoms with Crippen LogP contribution in [0.3, 0.4) is 0 Å². The molecule has 6 unspecified atom stereocenters. The summed E-state index contributed by atoms with van der Waals surface area (Å²) >= 11 is 0. The first-order valence-electron chi connectivity index (χ1n) is 12.7. The van der Waals surface area contributed by atoms with Crippen LogP contribution in [0.5, 0.6) is 0 Å². The van der Waals surface area contributed by atoms with Crippen molar-refractivity contribution in [1.29, 1.82) is 0 Å². The van der Waals surface area contributed by atoms with Crippen LogP contribution in [0.2, 0.25) is 0 Å². The highest BCUT2D eigenvalue weighted by Gasteiger charge is 2.35. The van der Waals surface area contributed by atoms with Gasteiger partial charge in [0, 0.05) is 0 Å². The lowest BCUT2D eigenvalue weighted by atomic mass is 9.68. The Morgan fingerprint density at radius 1 is 0.742 bits per heavy atom. The van der Waals surface area contributed by atoms with Crippen molar-refractivity contribution < 1.29 is 19.1 Å². The smallest absolute Gasteiger partial charge is 0.317 e. The first-order chi connectivity index (χ1) is 14.3. The van der Waals surface area contributed by atoms with Gasteiger partial charge >= 0.3 is 11.9 Å². The lowest BCUT2D eigenvalue weighted by Crippen LogP contribution is -2.35. The highest BCUT2D eigenvalue weighted by molar-refractivity contribution is 5.91. The summed E-state index contributed by atoms with van der Waals surface area (Å²) in [6, 6.07) is 0. The number of hydrogen-bond acceptors (Lipinski definition) is 4. The van der Waals surface area contributed by atoms with Crippen molar-refractivity contribution in [3.63, 3.8) is 0 Å². The van der Waals surface area contributed by atoms with E-state index in [-0.39, 0.29) is 18.6 Å². The predicted molar refractivity (Wildman–Crippen MR) is 126 cm³/mol. The number of esters is 2. The van der Waals surface area contributed by atoms with E-state index in [1.807, 2.05) is 13.8 Å². The molecule has 0 aromatic heterocycles. The van der Waals surface area contributed by atoms with Gasteiger partial charge in [0.2, 0.25) is 0 Å². The second-order valence-electron chi connectivity index (χ2n) is 12.3. The van der Waals surface area contributed by atoms with E-state index in [4.69, 9.17) is 9.47 Å². The highest BCUT2D eigenvalue weighted by atomic mass is 16.6. The van der Waals surface area contributed by atoms with Gasteiger partial charge < -0.3 is 9.47 Å². The summed E-state index contributed by atoms with van der Waals surface area (Å²) in [4.78, 5) is 24.8. The van der Waals surface area contributed by atoms with Crippen LogP contribution < -0.4 is 0 Å². The van der Waals surface area contributed by atoms with Crippen LogP contribution in [0.25, 0.3) is 0 Å². The molecular weight excluding hydrogens is 388 g/mol. The molecule has 0 aromatic rings. The maximum absolute atomic E-state index is 12.4. The van der Waals surface area contributed by atoms with E-state index in [9.17, 15) is 9.59 Å². The fraction of sp³-hybridized carbons (Fsp3) is 0.926. The van der Waals surface area contributed by atoms with E-state index in [0.29, 0.717) is 34.5 Å². The summed E-state index contributed by atoms with van der Waals surface area (Å²) in [7, 11) is 0. The Morgan fingerprint density at radius 3 is 1.42 bits per heavy atom. The first kappa shape index (κ1) is 26.2. The molecular formula is C27H48O4. The van der Waals surface area contributed by atoms with Gasteiger partial charge in [-0.1, -0.05) is 67.2 Å². The van der Waals surface area contributed by atoms with Gasteiger partial charge in [-0.2, -0.15) is 0 Å². The molecule has 0 saturated heterocycles. The first-order valence-corrected chi connectivity index (χ1v) is 12.7. The quantitative estimate of drug-likeness (QED) is 0.305. The molecule has 0 amide bonds. The molecule has 2 saturated carbocycles. The topological polar surface area (TPSA) is 52.6 Å². The van der Waals surface area contributed by atoms with Crippen LogP contribution >= 0.6 is 0 Å². The Kier molecular flexibility index (Phi) is 9.05. The normalized spacial score (nSPS) is 29.3. The average molecular weight is 437 g/mol. The van der Waals surface area contributed by atoms with Gasteiger partial charge in [0.05, 0.1) is 0 Å². The number of rotatable bonds is 8. The third kappa shape index (κ3) is 8.09. The van der Waals surface area contributed by atoms with Crippen LogP contribution in [0.4, 0.5) is 0 Å². The SMILES string of the molecule is CC(OC(=O)CC(=O)OC(C)C(C)C1CCCC(C)(C)C1)C(C)C1CCCC(C)(C)C1. The standard InChI is InChI=1S/C27H48O4/c1-18(22-11-9-13-26(5,6)16-22)20(3)30-24(28)15-25(29)31-21(4)19(2)23-12-10-14-27(7,8)17-23/h18-23H,9-17H2,1-8H3. The number of carbonyl (C=O) groups excluding carboxylic acids is 2. The molecule has 0 N–H and O–H groups in total. The molecule has 0 aliphatic heterocycles. The fourth-order valence-electron chi connectivity index (χ4n) is 6.01. The number of hydrogen-bond donors (Lipinski definition) is 0. The molecule has 2 aliphatic carbocycles. The van der Waals surface area contributed by atoms with Gasteiger partial charge in [0.25, 0.3) is 0 Å². The van der Waals surface area contributed by atoms with E-state index < -0.39 is 11.9 Å². The van der Waals surface area contributed by atoms with E-state index >= 15 is 0 Å². The summed E-state index contributed by atoms with van der Waals surface area (Å²) < 4.78 is 11.3. The predicted octanol–water partition coefficient (Wildman–Crippen LogP) is 6.94. The van der Waals surface area contributed by atoms with Gasteiger partial charge in [0.15, 0.2) is 0 Å². The largest absolute Gasteiger partial charge is 0.462 e. The van der Waals surface area contributed by atoms with E-state index in [1.165, 1.54) is 51.4 Å². The Morgan fingerprint density at radius 2 is 1.10 bits per heavy atom. The van der Waals surface area contributed by atoms with Gasteiger partial charge in [-0.25, -0.2) is 0 Å². The van der Waals surface area contributed by atoms with Crippen molar-refractivity contribution >= 4 is 11.9 Å². The Hall–Kier alpha value is -1.06. The molecule has 0 bridgehead atoms. The molecule has 0 spiro atoms. The highest BCUT2D eigenvalue weighted by Crippen LogP contribution is 2.43. The van der Waals surface area contributed by atoms with E-state index in [0.717, 1.165) is 0 Å². The van der Waals surface area contributed by atoms with Crippen molar-refractivity contribution in [3.8, 4) is 0 Å². The second-order valence-corrected chi connectivity index (χ2v) is 12.3. The molecule has 6 atom stereocenters. The Bertz CT molecular complexity index is 556. The Labute approximate surface area is 191 Å². The number of ether oxygens (including phenoxy) is 2. The third-order valence-corrected chi connectivity index (χ3v) is 8.38. The van der Waals surface area contributed by atoms with Crippen LogP contribution in [0.1, 0.15) is 113 Å². The zero-order valence-corrected chi connectivity index (χ0v) is 21.5.